The number of nitrogens with one attached hydrogen (secondary N) is 1. The summed E-state index contributed by atoms with van der Waals surface area (Å²) in [5, 5.41) is 3.90. The van der Waals surface area contributed by atoms with E-state index in [9.17, 15) is 4.79 Å². The molecule has 1 N–H and O–H groups in total. The van der Waals surface area contributed by atoms with Crippen LogP contribution in [0.25, 0.3) is 0 Å². The summed E-state index contributed by atoms with van der Waals surface area (Å²) < 4.78 is 5.67. The van der Waals surface area contributed by atoms with Crippen LogP contribution in [0.5, 0.6) is 0 Å². The van der Waals surface area contributed by atoms with Crippen LogP contribution in [0.3, 0.4) is 0 Å². The second kappa shape index (κ2) is 7.88. The molecule has 1 atom stereocenters. The zero-order chi connectivity index (χ0) is 14.4. The van der Waals surface area contributed by atoms with Gasteiger partial charge in [0.2, 0.25) is 0 Å². The predicted octanol–water partition coefficient (Wildman–Crippen LogP) is 3.78. The van der Waals surface area contributed by atoms with Crippen LogP contribution in [0.4, 0.5) is 0 Å². The van der Waals surface area contributed by atoms with Gasteiger partial charge in [-0.25, -0.2) is 0 Å². The smallest absolute Gasteiger partial charge is 0.322 e. The number of ether oxygens (including phenoxy) is 1. The molecule has 0 aliphatic carbocycles. The fourth-order valence-electron chi connectivity index (χ4n) is 1.77. The Balaban J connectivity index is 2.64. The molecular weight excluding hydrogens is 330 g/mol. The average Bonchev–Trinajstić information content (AvgIpc) is 2.37. The summed E-state index contributed by atoms with van der Waals surface area (Å²) in [6, 6.07) is 5.43. The van der Waals surface area contributed by atoms with Gasteiger partial charge in [-0.15, -0.1) is 0 Å². The number of benzene rings is 1. The highest BCUT2D eigenvalue weighted by Crippen LogP contribution is 2.23. The molecule has 1 aromatic carbocycles. The molecule has 0 aliphatic heterocycles. The fourth-order valence-corrected chi connectivity index (χ4v) is 2.31. The molecule has 1 unspecified atom stereocenters. The third-order valence-corrected chi connectivity index (χ3v) is 3.94. The van der Waals surface area contributed by atoms with E-state index in [1.807, 2.05) is 18.2 Å². The molecule has 0 radical (unpaired) electrons. The van der Waals surface area contributed by atoms with Gasteiger partial charge in [-0.1, -0.05) is 31.5 Å². The molecule has 0 fully saturated rings. The zero-order valence-electron chi connectivity index (χ0n) is 11.4. The molecule has 0 amide bonds. The summed E-state index contributed by atoms with van der Waals surface area (Å²) in [6.07, 6.45) is 0.751. The van der Waals surface area contributed by atoms with Gasteiger partial charge in [0.25, 0.3) is 0 Å². The van der Waals surface area contributed by atoms with Crippen LogP contribution in [0.1, 0.15) is 25.8 Å². The maximum Gasteiger partial charge on any atom is 0.322 e. The number of hydrogen-bond donors (Lipinski definition) is 1. The minimum atomic E-state index is -0.278. The van der Waals surface area contributed by atoms with E-state index in [1.54, 1.807) is 0 Å². The van der Waals surface area contributed by atoms with Crippen LogP contribution in [-0.4, -0.2) is 19.1 Å². The first-order chi connectivity index (χ1) is 8.93. The van der Waals surface area contributed by atoms with Crippen molar-refractivity contribution < 1.29 is 9.53 Å². The summed E-state index contributed by atoms with van der Waals surface area (Å²) in [7, 11) is 1.41. The Hall–Kier alpha value is -0.580. The van der Waals surface area contributed by atoms with Gasteiger partial charge in [0.15, 0.2) is 0 Å². The van der Waals surface area contributed by atoms with Gasteiger partial charge in [-0.2, -0.15) is 0 Å². The van der Waals surface area contributed by atoms with E-state index in [2.05, 4.69) is 35.1 Å². The van der Waals surface area contributed by atoms with E-state index >= 15 is 0 Å². The number of hydrogen-bond acceptors (Lipinski definition) is 3. The van der Waals surface area contributed by atoms with Crippen LogP contribution < -0.4 is 5.32 Å². The lowest BCUT2D eigenvalue weighted by Crippen LogP contribution is -2.38. The third-order valence-electron chi connectivity index (χ3n) is 2.73. The Morgan fingerprint density at radius 1 is 1.47 bits per heavy atom. The van der Waals surface area contributed by atoms with Crippen molar-refractivity contribution in [1.29, 1.82) is 0 Å². The molecule has 3 nitrogen and oxygen atoms in total. The van der Waals surface area contributed by atoms with Gasteiger partial charge < -0.3 is 10.1 Å². The van der Waals surface area contributed by atoms with E-state index < -0.39 is 0 Å². The first kappa shape index (κ1) is 16.5. The maximum atomic E-state index is 11.7. The van der Waals surface area contributed by atoms with Gasteiger partial charge in [-0.3, -0.25) is 4.79 Å². The van der Waals surface area contributed by atoms with Gasteiger partial charge in [0.05, 0.1) is 12.1 Å². The van der Waals surface area contributed by atoms with Gasteiger partial charge in [0.1, 0.15) is 6.04 Å². The number of halogens is 2. The van der Waals surface area contributed by atoms with Gasteiger partial charge >= 0.3 is 5.97 Å². The minimum absolute atomic E-state index is 0.221. The molecule has 106 valence electrons. The number of carbonyl (C=O) groups is 1. The Bertz CT molecular complexity index is 437. The number of rotatable bonds is 6. The molecule has 19 heavy (non-hydrogen) atoms. The van der Waals surface area contributed by atoms with Crippen molar-refractivity contribution in [2.24, 2.45) is 5.92 Å². The van der Waals surface area contributed by atoms with Crippen molar-refractivity contribution in [2.45, 2.75) is 32.9 Å². The topological polar surface area (TPSA) is 38.3 Å². The second-order valence-corrected chi connectivity index (χ2v) is 6.10. The van der Waals surface area contributed by atoms with Crippen LogP contribution in [0.15, 0.2) is 22.7 Å². The Morgan fingerprint density at radius 3 is 2.68 bits per heavy atom. The summed E-state index contributed by atoms with van der Waals surface area (Å²) in [6.45, 7) is 4.76. The highest BCUT2D eigenvalue weighted by molar-refractivity contribution is 9.10. The number of carbonyl (C=O) groups excluding carboxylic acids is 1. The molecule has 1 rings (SSSR count). The van der Waals surface area contributed by atoms with E-state index in [0.29, 0.717) is 17.5 Å². The summed E-state index contributed by atoms with van der Waals surface area (Å²) >= 11 is 9.33. The molecule has 0 aliphatic rings. The minimum Gasteiger partial charge on any atom is -0.468 e. The summed E-state index contributed by atoms with van der Waals surface area (Å²) in [5.41, 5.74) is 1.06. The van der Waals surface area contributed by atoms with Crippen molar-refractivity contribution in [1.82, 2.24) is 5.32 Å². The largest absolute Gasteiger partial charge is 0.468 e. The highest BCUT2D eigenvalue weighted by Gasteiger charge is 2.19. The van der Waals surface area contributed by atoms with Crippen molar-refractivity contribution >= 4 is 33.5 Å². The van der Waals surface area contributed by atoms with Crippen molar-refractivity contribution in [3.8, 4) is 0 Å². The molecule has 0 spiro atoms. The number of methoxy groups -OCH3 is 1. The van der Waals surface area contributed by atoms with E-state index in [-0.39, 0.29) is 12.0 Å². The monoisotopic (exact) mass is 347 g/mol. The zero-order valence-corrected chi connectivity index (χ0v) is 13.7. The quantitative estimate of drug-likeness (QED) is 0.795. The molecular formula is C14H19BrClNO2. The molecule has 0 heterocycles. The van der Waals surface area contributed by atoms with Crippen LogP contribution >= 0.6 is 27.5 Å². The lowest BCUT2D eigenvalue weighted by atomic mass is 10.0. The van der Waals surface area contributed by atoms with Crippen molar-refractivity contribution in [3.63, 3.8) is 0 Å². The van der Waals surface area contributed by atoms with Crippen molar-refractivity contribution in [2.75, 3.05) is 7.11 Å². The predicted molar refractivity (Wildman–Crippen MR) is 81.3 cm³/mol. The Labute approximate surface area is 127 Å². The lowest BCUT2D eigenvalue weighted by Gasteiger charge is -2.18. The normalized spacial score (nSPS) is 12.5. The molecule has 0 saturated carbocycles. The second-order valence-electron chi connectivity index (χ2n) is 4.83. The van der Waals surface area contributed by atoms with E-state index in [0.717, 1.165) is 16.5 Å². The van der Waals surface area contributed by atoms with E-state index in [1.165, 1.54) is 7.11 Å². The molecule has 0 aromatic heterocycles. The summed E-state index contributed by atoms with van der Waals surface area (Å²) in [5.74, 6) is 0.204. The third kappa shape index (κ3) is 5.51. The highest BCUT2D eigenvalue weighted by atomic mass is 79.9. The number of esters is 1. The lowest BCUT2D eigenvalue weighted by molar-refractivity contribution is -0.143. The molecule has 0 bridgehead atoms. The molecule has 1 aromatic rings. The van der Waals surface area contributed by atoms with Gasteiger partial charge in [0, 0.05) is 11.0 Å². The summed E-state index contributed by atoms with van der Waals surface area (Å²) in [4.78, 5) is 11.7. The molecule has 0 saturated heterocycles. The van der Waals surface area contributed by atoms with Crippen LogP contribution in [0, 0.1) is 5.92 Å². The SMILES string of the molecule is COC(=O)C(CC(C)C)NCc1ccc(Cl)c(Br)c1. The first-order valence-corrected chi connectivity index (χ1v) is 7.36. The van der Waals surface area contributed by atoms with Crippen LogP contribution in [-0.2, 0) is 16.1 Å². The average molecular weight is 349 g/mol. The van der Waals surface area contributed by atoms with Crippen molar-refractivity contribution in [3.05, 3.63) is 33.3 Å². The maximum absolute atomic E-state index is 11.7. The first-order valence-electron chi connectivity index (χ1n) is 6.19. The van der Waals surface area contributed by atoms with E-state index in [4.69, 9.17) is 16.3 Å². The standard InChI is InChI=1S/C14H19BrClNO2/c1-9(2)6-13(14(18)19-3)17-8-10-4-5-12(16)11(15)7-10/h4-5,7,9,13,17H,6,8H2,1-3H3. The Morgan fingerprint density at radius 2 is 2.16 bits per heavy atom. The Kier molecular flexibility index (Phi) is 6.83. The van der Waals surface area contributed by atoms with Gasteiger partial charge in [-0.05, 0) is 46.0 Å². The fraction of sp³-hybridized carbons (Fsp3) is 0.500. The molecule has 5 heteroatoms. The van der Waals surface area contributed by atoms with Crippen LogP contribution in [0.2, 0.25) is 5.02 Å².